The highest BCUT2D eigenvalue weighted by molar-refractivity contribution is 7.99. The second-order valence-corrected chi connectivity index (χ2v) is 5.25. The summed E-state index contributed by atoms with van der Waals surface area (Å²) in [5.41, 5.74) is 0. The maximum Gasteiger partial charge on any atom is 0.331 e. The zero-order chi connectivity index (χ0) is 11.7. The molecule has 0 bridgehead atoms. The third kappa shape index (κ3) is 1.93. The van der Waals surface area contributed by atoms with E-state index in [9.17, 15) is 14.4 Å². The van der Waals surface area contributed by atoms with Crippen LogP contribution in [-0.2, 0) is 9.59 Å². The zero-order valence-electron chi connectivity index (χ0n) is 9.06. The smallest absolute Gasteiger partial charge is 0.269 e. The molecular formula is C10H14N2O3S. The standard InChI is InChI=1S/C10H14N2O3S/c1-16-7-4-2-3-6(5-7)12-9(14)8(13)11-10(12)15/h6-7H,2-5H2,1H3,(H,11,13,15). The fraction of sp³-hybridized carbons (Fsp3) is 0.700. The predicted octanol–water partition coefficient (Wildman–Crippen LogP) is 0.739. The second kappa shape index (κ2) is 4.45. The number of hydrogen-bond acceptors (Lipinski definition) is 4. The van der Waals surface area contributed by atoms with E-state index < -0.39 is 17.8 Å². The molecule has 1 saturated carbocycles. The van der Waals surface area contributed by atoms with Crippen LogP contribution in [0.3, 0.4) is 0 Å². The van der Waals surface area contributed by atoms with Crippen LogP contribution in [0.25, 0.3) is 0 Å². The van der Waals surface area contributed by atoms with Crippen molar-refractivity contribution >= 4 is 29.6 Å². The molecule has 2 rings (SSSR count). The van der Waals surface area contributed by atoms with Crippen molar-refractivity contribution in [3.63, 3.8) is 0 Å². The molecule has 0 radical (unpaired) electrons. The van der Waals surface area contributed by atoms with Gasteiger partial charge in [-0.1, -0.05) is 6.42 Å². The van der Waals surface area contributed by atoms with E-state index >= 15 is 0 Å². The predicted molar refractivity (Wildman–Crippen MR) is 59.9 cm³/mol. The van der Waals surface area contributed by atoms with E-state index in [1.54, 1.807) is 11.8 Å². The van der Waals surface area contributed by atoms with Crippen molar-refractivity contribution in [1.29, 1.82) is 0 Å². The van der Waals surface area contributed by atoms with Crippen LogP contribution in [0.2, 0.25) is 0 Å². The van der Waals surface area contributed by atoms with Crippen LogP contribution in [0, 0.1) is 0 Å². The number of hydrogen-bond donors (Lipinski definition) is 1. The average molecular weight is 242 g/mol. The molecule has 0 aromatic rings. The van der Waals surface area contributed by atoms with Crippen LogP contribution in [0.5, 0.6) is 0 Å². The Kier molecular flexibility index (Phi) is 3.18. The zero-order valence-corrected chi connectivity index (χ0v) is 9.88. The molecule has 1 saturated heterocycles. The summed E-state index contributed by atoms with van der Waals surface area (Å²) in [6.07, 6.45) is 5.76. The van der Waals surface area contributed by atoms with Gasteiger partial charge in [0.05, 0.1) is 0 Å². The molecule has 4 amide bonds. The van der Waals surface area contributed by atoms with Gasteiger partial charge >= 0.3 is 17.8 Å². The summed E-state index contributed by atoms with van der Waals surface area (Å²) in [7, 11) is 0. The lowest BCUT2D eigenvalue weighted by Gasteiger charge is -2.32. The Hall–Kier alpha value is -1.04. The Morgan fingerprint density at radius 1 is 1.31 bits per heavy atom. The Labute approximate surface area is 97.9 Å². The number of imide groups is 2. The number of carbonyl (C=O) groups is 3. The normalized spacial score (nSPS) is 30.8. The minimum Gasteiger partial charge on any atom is -0.269 e. The number of carbonyl (C=O) groups excluding carboxylic acids is 3. The van der Waals surface area contributed by atoms with Crippen molar-refractivity contribution in [1.82, 2.24) is 10.2 Å². The topological polar surface area (TPSA) is 66.5 Å². The molecule has 1 aliphatic heterocycles. The first-order valence-electron chi connectivity index (χ1n) is 5.34. The van der Waals surface area contributed by atoms with Gasteiger partial charge in [0.1, 0.15) is 0 Å². The van der Waals surface area contributed by atoms with Crippen molar-refractivity contribution in [2.75, 3.05) is 6.26 Å². The van der Waals surface area contributed by atoms with Crippen molar-refractivity contribution in [3.05, 3.63) is 0 Å². The van der Waals surface area contributed by atoms with E-state index in [1.165, 1.54) is 0 Å². The second-order valence-electron chi connectivity index (χ2n) is 4.11. The van der Waals surface area contributed by atoms with Crippen LogP contribution < -0.4 is 5.32 Å². The molecule has 1 N–H and O–H groups in total. The number of nitrogens with one attached hydrogen (secondary N) is 1. The monoisotopic (exact) mass is 242 g/mol. The summed E-state index contributed by atoms with van der Waals surface area (Å²) in [6, 6.07) is -0.660. The molecule has 16 heavy (non-hydrogen) atoms. The quantitative estimate of drug-likeness (QED) is 0.573. The molecule has 88 valence electrons. The first kappa shape index (κ1) is 11.4. The summed E-state index contributed by atoms with van der Waals surface area (Å²) in [5, 5.41) is 2.52. The van der Waals surface area contributed by atoms with E-state index in [4.69, 9.17) is 0 Å². The van der Waals surface area contributed by atoms with Gasteiger partial charge in [-0.05, 0) is 25.5 Å². The summed E-state index contributed by atoms with van der Waals surface area (Å²) in [6.45, 7) is 0. The van der Waals surface area contributed by atoms with Crippen molar-refractivity contribution in [2.45, 2.75) is 37.0 Å². The number of nitrogens with zero attached hydrogens (tertiary/aromatic N) is 1. The van der Waals surface area contributed by atoms with E-state index in [-0.39, 0.29) is 6.04 Å². The molecule has 0 spiro atoms. The molecule has 2 fully saturated rings. The maximum absolute atomic E-state index is 11.5. The average Bonchev–Trinajstić information content (AvgIpc) is 2.53. The minimum absolute atomic E-state index is 0.106. The van der Waals surface area contributed by atoms with Crippen LogP contribution in [0.1, 0.15) is 25.7 Å². The number of rotatable bonds is 2. The van der Waals surface area contributed by atoms with Gasteiger partial charge < -0.3 is 0 Å². The number of amides is 4. The summed E-state index contributed by atoms with van der Waals surface area (Å²) < 4.78 is 0. The lowest BCUT2D eigenvalue weighted by Crippen LogP contribution is -2.43. The fourth-order valence-corrected chi connectivity index (χ4v) is 3.13. The van der Waals surface area contributed by atoms with Crippen LogP contribution in [0.15, 0.2) is 0 Å². The summed E-state index contributed by atoms with van der Waals surface area (Å²) >= 11 is 1.76. The molecule has 0 aromatic carbocycles. The van der Waals surface area contributed by atoms with E-state index in [1.807, 2.05) is 11.6 Å². The van der Waals surface area contributed by atoms with Crippen LogP contribution in [0.4, 0.5) is 4.79 Å². The summed E-state index contributed by atoms with van der Waals surface area (Å²) in [5.74, 6) is -1.49. The van der Waals surface area contributed by atoms with E-state index in [0.29, 0.717) is 5.25 Å². The van der Waals surface area contributed by atoms with Gasteiger partial charge in [-0.3, -0.25) is 19.8 Å². The van der Waals surface area contributed by atoms with Crippen molar-refractivity contribution in [2.24, 2.45) is 0 Å². The third-order valence-corrected chi connectivity index (χ3v) is 4.24. The highest BCUT2D eigenvalue weighted by Crippen LogP contribution is 2.30. The van der Waals surface area contributed by atoms with Crippen LogP contribution in [-0.4, -0.2) is 40.3 Å². The number of urea groups is 1. The maximum atomic E-state index is 11.5. The van der Waals surface area contributed by atoms with Gasteiger partial charge in [0.15, 0.2) is 0 Å². The van der Waals surface area contributed by atoms with Gasteiger partial charge in [-0.25, -0.2) is 4.79 Å². The molecule has 6 heteroatoms. The van der Waals surface area contributed by atoms with E-state index in [2.05, 4.69) is 0 Å². The summed E-state index contributed by atoms with van der Waals surface area (Å²) in [4.78, 5) is 35.1. The first-order chi connectivity index (χ1) is 7.63. The molecule has 2 aliphatic rings. The molecule has 1 heterocycles. The molecule has 5 nitrogen and oxygen atoms in total. The number of thioether (sulfide) groups is 1. The largest absolute Gasteiger partial charge is 0.331 e. The Balaban J connectivity index is 2.09. The molecular weight excluding hydrogens is 228 g/mol. The van der Waals surface area contributed by atoms with E-state index in [0.717, 1.165) is 30.6 Å². The van der Waals surface area contributed by atoms with Crippen molar-refractivity contribution < 1.29 is 14.4 Å². The van der Waals surface area contributed by atoms with Gasteiger partial charge in [0, 0.05) is 11.3 Å². The third-order valence-electron chi connectivity index (χ3n) is 3.15. The lowest BCUT2D eigenvalue weighted by atomic mass is 9.94. The Morgan fingerprint density at radius 3 is 2.62 bits per heavy atom. The lowest BCUT2D eigenvalue weighted by molar-refractivity contribution is -0.141. The minimum atomic E-state index is -0.795. The SMILES string of the molecule is CSC1CCCC(N2C(=O)NC(=O)C2=O)C1. The van der Waals surface area contributed by atoms with Gasteiger partial charge in [0.2, 0.25) is 0 Å². The fourth-order valence-electron chi connectivity index (χ4n) is 2.31. The highest BCUT2D eigenvalue weighted by atomic mass is 32.2. The van der Waals surface area contributed by atoms with Gasteiger partial charge in [-0.2, -0.15) is 11.8 Å². The molecule has 1 aliphatic carbocycles. The Bertz CT molecular complexity index is 345. The van der Waals surface area contributed by atoms with Crippen LogP contribution >= 0.6 is 11.8 Å². The van der Waals surface area contributed by atoms with Crippen molar-refractivity contribution in [3.8, 4) is 0 Å². The Morgan fingerprint density at radius 2 is 2.06 bits per heavy atom. The van der Waals surface area contributed by atoms with Gasteiger partial charge in [0.25, 0.3) is 0 Å². The molecule has 2 atom stereocenters. The molecule has 0 aromatic heterocycles. The van der Waals surface area contributed by atoms with Gasteiger partial charge in [-0.15, -0.1) is 0 Å². The highest BCUT2D eigenvalue weighted by Gasteiger charge is 2.42. The molecule has 2 unspecified atom stereocenters. The first-order valence-corrected chi connectivity index (χ1v) is 6.63.